The van der Waals surface area contributed by atoms with Crippen LogP contribution in [0.5, 0.6) is 0 Å². The third-order valence-corrected chi connectivity index (χ3v) is 4.37. The number of thiazole rings is 1. The van der Waals surface area contributed by atoms with Crippen LogP contribution in [0.15, 0.2) is 42.5 Å². The zero-order valence-corrected chi connectivity index (χ0v) is 11.8. The largest absolute Gasteiger partial charge is 0.388 e. The fourth-order valence-electron chi connectivity index (χ4n) is 2.25. The second kappa shape index (κ2) is 5.31. The number of rotatable bonds is 3. The van der Waals surface area contributed by atoms with Crippen LogP contribution in [0, 0.1) is 12.7 Å². The molecule has 3 aromatic rings. The standard InChI is InChI=1S/C16H14FNOS/c1-10-6-7-11(17)8-12(10)14(19)9-16-18-13-4-2-3-5-15(13)20-16/h2-8,14,19H,9H2,1H3. The van der Waals surface area contributed by atoms with Gasteiger partial charge in [-0.15, -0.1) is 11.3 Å². The predicted molar refractivity (Wildman–Crippen MR) is 79.4 cm³/mol. The summed E-state index contributed by atoms with van der Waals surface area (Å²) in [7, 11) is 0. The molecule has 20 heavy (non-hydrogen) atoms. The fraction of sp³-hybridized carbons (Fsp3) is 0.188. The van der Waals surface area contributed by atoms with E-state index < -0.39 is 6.10 Å². The van der Waals surface area contributed by atoms with Crippen LogP contribution in [0.4, 0.5) is 4.39 Å². The van der Waals surface area contributed by atoms with E-state index in [0.717, 1.165) is 20.8 Å². The molecular formula is C16H14FNOS. The van der Waals surface area contributed by atoms with Crippen molar-refractivity contribution in [2.45, 2.75) is 19.4 Å². The lowest BCUT2D eigenvalue weighted by Crippen LogP contribution is -2.04. The van der Waals surface area contributed by atoms with Gasteiger partial charge in [0.2, 0.25) is 0 Å². The Balaban J connectivity index is 1.88. The van der Waals surface area contributed by atoms with Gasteiger partial charge < -0.3 is 5.11 Å². The third kappa shape index (κ3) is 2.57. The van der Waals surface area contributed by atoms with E-state index in [2.05, 4.69) is 4.98 Å². The lowest BCUT2D eigenvalue weighted by atomic mass is 10.0. The zero-order valence-electron chi connectivity index (χ0n) is 11.0. The average Bonchev–Trinajstić information content (AvgIpc) is 2.83. The van der Waals surface area contributed by atoms with E-state index in [-0.39, 0.29) is 5.82 Å². The molecule has 1 unspecified atom stereocenters. The summed E-state index contributed by atoms with van der Waals surface area (Å²) in [4.78, 5) is 4.50. The molecule has 0 aliphatic carbocycles. The summed E-state index contributed by atoms with van der Waals surface area (Å²) >= 11 is 1.57. The molecule has 1 N–H and O–H groups in total. The van der Waals surface area contributed by atoms with E-state index in [4.69, 9.17) is 0 Å². The Morgan fingerprint density at radius 2 is 2.05 bits per heavy atom. The Morgan fingerprint density at radius 1 is 1.25 bits per heavy atom. The normalized spacial score (nSPS) is 12.8. The first kappa shape index (κ1) is 13.2. The minimum atomic E-state index is -0.730. The van der Waals surface area contributed by atoms with Gasteiger partial charge in [0.05, 0.1) is 21.3 Å². The van der Waals surface area contributed by atoms with Crippen molar-refractivity contribution in [2.24, 2.45) is 0 Å². The zero-order chi connectivity index (χ0) is 14.1. The summed E-state index contributed by atoms with van der Waals surface area (Å²) in [6.07, 6.45) is -0.324. The van der Waals surface area contributed by atoms with Gasteiger partial charge in [0.1, 0.15) is 5.82 Å². The number of nitrogens with zero attached hydrogens (tertiary/aromatic N) is 1. The SMILES string of the molecule is Cc1ccc(F)cc1C(O)Cc1nc2ccccc2s1. The molecule has 2 nitrogen and oxygen atoms in total. The Bertz CT molecular complexity index is 720. The minimum absolute atomic E-state index is 0.325. The molecule has 4 heteroatoms. The third-order valence-electron chi connectivity index (χ3n) is 3.31. The molecule has 102 valence electrons. The van der Waals surface area contributed by atoms with Crippen LogP contribution in [0.1, 0.15) is 22.2 Å². The highest BCUT2D eigenvalue weighted by molar-refractivity contribution is 7.18. The van der Waals surface area contributed by atoms with Crippen molar-refractivity contribution >= 4 is 21.6 Å². The second-order valence-electron chi connectivity index (χ2n) is 4.80. The molecule has 0 aliphatic heterocycles. The molecule has 0 spiro atoms. The summed E-state index contributed by atoms with van der Waals surface area (Å²) in [5.41, 5.74) is 2.46. The minimum Gasteiger partial charge on any atom is -0.388 e. The Labute approximate surface area is 120 Å². The Morgan fingerprint density at radius 3 is 2.85 bits per heavy atom. The lowest BCUT2D eigenvalue weighted by Gasteiger charge is -2.12. The smallest absolute Gasteiger partial charge is 0.123 e. The monoisotopic (exact) mass is 287 g/mol. The van der Waals surface area contributed by atoms with E-state index in [0.29, 0.717) is 12.0 Å². The summed E-state index contributed by atoms with van der Waals surface area (Å²) < 4.78 is 14.4. The maximum Gasteiger partial charge on any atom is 0.123 e. The highest BCUT2D eigenvalue weighted by Gasteiger charge is 2.14. The number of hydrogen-bond donors (Lipinski definition) is 1. The van der Waals surface area contributed by atoms with Gasteiger partial charge in [-0.1, -0.05) is 18.2 Å². The quantitative estimate of drug-likeness (QED) is 0.789. The van der Waals surface area contributed by atoms with Crippen molar-refractivity contribution in [3.05, 3.63) is 64.4 Å². The number of fused-ring (bicyclic) bond motifs is 1. The van der Waals surface area contributed by atoms with Crippen molar-refractivity contribution in [3.63, 3.8) is 0 Å². The van der Waals surface area contributed by atoms with E-state index in [1.54, 1.807) is 17.4 Å². The summed E-state index contributed by atoms with van der Waals surface area (Å²) in [5.74, 6) is -0.325. The first-order valence-corrected chi connectivity index (χ1v) is 7.24. The summed E-state index contributed by atoms with van der Waals surface area (Å²) in [5, 5.41) is 11.2. The fourth-order valence-corrected chi connectivity index (χ4v) is 3.26. The number of hydrogen-bond acceptors (Lipinski definition) is 3. The number of aliphatic hydroxyl groups excluding tert-OH is 1. The number of benzene rings is 2. The maximum absolute atomic E-state index is 13.3. The molecule has 1 aromatic heterocycles. The van der Waals surface area contributed by atoms with Crippen LogP contribution >= 0.6 is 11.3 Å². The van der Waals surface area contributed by atoms with Crippen LogP contribution in [0.3, 0.4) is 0 Å². The van der Waals surface area contributed by atoms with Crippen molar-refractivity contribution in [3.8, 4) is 0 Å². The lowest BCUT2D eigenvalue weighted by molar-refractivity contribution is 0.177. The molecule has 0 fully saturated rings. The summed E-state index contributed by atoms with van der Waals surface area (Å²) in [6, 6.07) is 12.4. The van der Waals surface area contributed by atoms with Gasteiger partial charge in [0.15, 0.2) is 0 Å². The number of para-hydroxylation sites is 1. The van der Waals surface area contributed by atoms with Crippen LogP contribution < -0.4 is 0 Å². The first-order valence-electron chi connectivity index (χ1n) is 6.42. The summed E-state index contributed by atoms with van der Waals surface area (Å²) in [6.45, 7) is 1.87. The Kier molecular flexibility index (Phi) is 3.51. The van der Waals surface area contributed by atoms with Crippen molar-refractivity contribution in [1.29, 1.82) is 0 Å². The molecule has 3 rings (SSSR count). The number of aryl methyl sites for hydroxylation is 1. The Hall–Kier alpha value is -1.78. The maximum atomic E-state index is 13.3. The molecule has 0 saturated heterocycles. The van der Waals surface area contributed by atoms with Gasteiger partial charge in [-0.2, -0.15) is 0 Å². The van der Waals surface area contributed by atoms with Crippen molar-refractivity contribution in [2.75, 3.05) is 0 Å². The van der Waals surface area contributed by atoms with Gasteiger partial charge in [-0.25, -0.2) is 9.37 Å². The van der Waals surface area contributed by atoms with E-state index in [1.165, 1.54) is 12.1 Å². The van der Waals surface area contributed by atoms with Gasteiger partial charge in [0, 0.05) is 6.42 Å². The molecule has 1 heterocycles. The molecule has 0 radical (unpaired) electrons. The molecule has 0 saturated carbocycles. The van der Waals surface area contributed by atoms with Crippen LogP contribution in [-0.2, 0) is 6.42 Å². The number of aliphatic hydroxyl groups is 1. The molecule has 2 aromatic carbocycles. The van der Waals surface area contributed by atoms with Crippen LogP contribution in [0.2, 0.25) is 0 Å². The van der Waals surface area contributed by atoms with Gasteiger partial charge >= 0.3 is 0 Å². The van der Waals surface area contributed by atoms with Gasteiger partial charge in [-0.3, -0.25) is 0 Å². The van der Waals surface area contributed by atoms with Gasteiger partial charge in [0.25, 0.3) is 0 Å². The number of aromatic nitrogens is 1. The van der Waals surface area contributed by atoms with Gasteiger partial charge in [-0.05, 0) is 42.3 Å². The van der Waals surface area contributed by atoms with E-state index in [9.17, 15) is 9.50 Å². The van der Waals surface area contributed by atoms with Crippen molar-refractivity contribution in [1.82, 2.24) is 4.98 Å². The molecular weight excluding hydrogens is 273 g/mol. The van der Waals surface area contributed by atoms with E-state index >= 15 is 0 Å². The van der Waals surface area contributed by atoms with Crippen LogP contribution in [0.25, 0.3) is 10.2 Å². The highest BCUT2D eigenvalue weighted by atomic mass is 32.1. The number of halogens is 1. The molecule has 0 amide bonds. The average molecular weight is 287 g/mol. The van der Waals surface area contributed by atoms with Crippen molar-refractivity contribution < 1.29 is 9.50 Å². The highest BCUT2D eigenvalue weighted by Crippen LogP contribution is 2.27. The topological polar surface area (TPSA) is 33.1 Å². The van der Waals surface area contributed by atoms with Crippen LogP contribution in [-0.4, -0.2) is 10.1 Å². The molecule has 0 aliphatic rings. The first-order chi connectivity index (χ1) is 9.63. The molecule has 1 atom stereocenters. The van der Waals surface area contributed by atoms with E-state index in [1.807, 2.05) is 31.2 Å². The second-order valence-corrected chi connectivity index (χ2v) is 5.91. The predicted octanol–water partition coefficient (Wildman–Crippen LogP) is 4.02. The molecule has 0 bridgehead atoms.